The molecule has 0 saturated heterocycles. The Morgan fingerprint density at radius 1 is 1.24 bits per heavy atom. The third-order valence-corrected chi connectivity index (χ3v) is 3.09. The Kier molecular flexibility index (Phi) is 3.71. The maximum absolute atomic E-state index is 12.1. The topological polar surface area (TPSA) is 54.4 Å². The van der Waals surface area contributed by atoms with E-state index in [1.165, 1.54) is 0 Å². The van der Waals surface area contributed by atoms with Crippen LogP contribution in [0.15, 0.2) is 18.2 Å². The van der Waals surface area contributed by atoms with Crippen molar-refractivity contribution in [3.8, 4) is 0 Å². The zero-order valence-electron chi connectivity index (χ0n) is 10.7. The molecule has 0 aliphatic rings. The molecule has 1 rings (SSSR count). The Hall–Kier alpha value is -1.64. The molecule has 0 amide bonds. The average molecular weight is 234 g/mol. The number of benzene rings is 1. The Morgan fingerprint density at radius 3 is 2.35 bits per heavy atom. The quantitative estimate of drug-likeness (QED) is 0.815. The van der Waals surface area contributed by atoms with Gasteiger partial charge in [-0.3, -0.25) is 9.59 Å². The summed E-state index contributed by atoms with van der Waals surface area (Å²) in [4.78, 5) is 23.1. The molecule has 0 bridgehead atoms. The van der Waals surface area contributed by atoms with Crippen LogP contribution in [0, 0.1) is 19.3 Å². The van der Waals surface area contributed by atoms with Gasteiger partial charge in [-0.2, -0.15) is 0 Å². The van der Waals surface area contributed by atoms with E-state index >= 15 is 0 Å². The van der Waals surface area contributed by atoms with E-state index < -0.39 is 11.4 Å². The van der Waals surface area contributed by atoms with Crippen LogP contribution in [0.4, 0.5) is 0 Å². The van der Waals surface area contributed by atoms with Crippen molar-refractivity contribution in [2.24, 2.45) is 5.41 Å². The zero-order valence-corrected chi connectivity index (χ0v) is 10.7. The van der Waals surface area contributed by atoms with Gasteiger partial charge in [-0.25, -0.2) is 0 Å². The lowest BCUT2D eigenvalue weighted by atomic mass is 9.84. The molecule has 0 aromatic heterocycles. The second-order valence-electron chi connectivity index (χ2n) is 5.04. The maximum atomic E-state index is 12.1. The molecule has 1 aromatic carbocycles. The normalized spacial score (nSPS) is 11.3. The largest absolute Gasteiger partial charge is 0.481 e. The first-order chi connectivity index (χ1) is 7.75. The van der Waals surface area contributed by atoms with Crippen molar-refractivity contribution in [1.82, 2.24) is 0 Å². The molecule has 0 radical (unpaired) electrons. The van der Waals surface area contributed by atoms with Crippen LogP contribution in [-0.4, -0.2) is 16.9 Å². The standard InChI is InChI=1S/C14H18O3/c1-9-6-5-7-11(10(9)2)12(15)8-14(3,4)13(16)17/h5-7H,8H2,1-4H3,(H,16,17). The van der Waals surface area contributed by atoms with E-state index in [0.717, 1.165) is 11.1 Å². The molecule has 0 saturated carbocycles. The van der Waals surface area contributed by atoms with Gasteiger partial charge in [0, 0.05) is 12.0 Å². The summed E-state index contributed by atoms with van der Waals surface area (Å²) in [6.45, 7) is 6.96. The van der Waals surface area contributed by atoms with Gasteiger partial charge in [-0.15, -0.1) is 0 Å². The highest BCUT2D eigenvalue weighted by Crippen LogP contribution is 2.25. The van der Waals surface area contributed by atoms with Gasteiger partial charge in [0.2, 0.25) is 0 Å². The van der Waals surface area contributed by atoms with Crippen LogP contribution in [0.3, 0.4) is 0 Å². The number of aryl methyl sites for hydroxylation is 1. The summed E-state index contributed by atoms with van der Waals surface area (Å²) in [6, 6.07) is 5.51. The van der Waals surface area contributed by atoms with E-state index in [1.54, 1.807) is 19.9 Å². The Bertz CT molecular complexity index is 459. The van der Waals surface area contributed by atoms with Gasteiger partial charge in [-0.05, 0) is 38.8 Å². The van der Waals surface area contributed by atoms with E-state index in [4.69, 9.17) is 5.11 Å². The third kappa shape index (κ3) is 2.93. The van der Waals surface area contributed by atoms with Crippen LogP contribution >= 0.6 is 0 Å². The SMILES string of the molecule is Cc1cccc(C(=O)CC(C)(C)C(=O)O)c1C. The predicted octanol–water partition coefficient (Wildman–Crippen LogP) is 2.99. The lowest BCUT2D eigenvalue weighted by molar-refractivity contribution is -0.146. The van der Waals surface area contributed by atoms with Gasteiger partial charge in [0.05, 0.1) is 5.41 Å². The summed E-state index contributed by atoms with van der Waals surface area (Å²) >= 11 is 0. The van der Waals surface area contributed by atoms with Crippen molar-refractivity contribution in [2.45, 2.75) is 34.1 Å². The highest BCUT2D eigenvalue weighted by Gasteiger charge is 2.30. The van der Waals surface area contributed by atoms with E-state index in [0.29, 0.717) is 5.56 Å². The number of hydrogen-bond acceptors (Lipinski definition) is 2. The number of hydrogen-bond donors (Lipinski definition) is 1. The van der Waals surface area contributed by atoms with E-state index in [9.17, 15) is 9.59 Å². The van der Waals surface area contributed by atoms with Crippen LogP contribution in [-0.2, 0) is 4.79 Å². The molecular formula is C14H18O3. The molecule has 92 valence electrons. The summed E-state index contributed by atoms with van der Waals surface area (Å²) in [5.41, 5.74) is 1.58. The van der Waals surface area contributed by atoms with Gasteiger partial charge in [0.1, 0.15) is 0 Å². The van der Waals surface area contributed by atoms with Crippen molar-refractivity contribution >= 4 is 11.8 Å². The average Bonchev–Trinajstić information content (AvgIpc) is 2.21. The molecule has 0 aliphatic carbocycles. The summed E-state index contributed by atoms with van der Waals surface area (Å²) in [5.74, 6) is -1.06. The fraction of sp³-hybridized carbons (Fsp3) is 0.429. The first kappa shape index (κ1) is 13.4. The van der Waals surface area contributed by atoms with Crippen molar-refractivity contribution in [3.63, 3.8) is 0 Å². The van der Waals surface area contributed by atoms with E-state index in [2.05, 4.69) is 0 Å². The molecular weight excluding hydrogens is 216 g/mol. The summed E-state index contributed by atoms with van der Waals surface area (Å²) in [7, 11) is 0. The molecule has 0 atom stereocenters. The number of Topliss-reactive ketones (excluding diaryl/α,β-unsaturated/α-hetero) is 1. The second-order valence-corrected chi connectivity index (χ2v) is 5.04. The number of rotatable bonds is 4. The van der Waals surface area contributed by atoms with Crippen LogP contribution in [0.1, 0.15) is 41.8 Å². The lowest BCUT2D eigenvalue weighted by Crippen LogP contribution is -2.27. The highest BCUT2D eigenvalue weighted by atomic mass is 16.4. The van der Waals surface area contributed by atoms with Gasteiger partial charge in [0.25, 0.3) is 0 Å². The minimum atomic E-state index is -1.02. The third-order valence-electron chi connectivity index (χ3n) is 3.09. The summed E-state index contributed by atoms with van der Waals surface area (Å²) in [6.07, 6.45) is 0.0205. The van der Waals surface area contributed by atoms with Crippen molar-refractivity contribution in [1.29, 1.82) is 0 Å². The van der Waals surface area contributed by atoms with Crippen molar-refractivity contribution < 1.29 is 14.7 Å². The molecule has 1 N–H and O–H groups in total. The maximum Gasteiger partial charge on any atom is 0.309 e. The number of carbonyl (C=O) groups is 2. The van der Waals surface area contributed by atoms with Gasteiger partial charge in [0.15, 0.2) is 5.78 Å². The van der Waals surface area contributed by atoms with Crippen molar-refractivity contribution in [2.75, 3.05) is 0 Å². The van der Waals surface area contributed by atoms with Gasteiger partial charge < -0.3 is 5.11 Å². The Balaban J connectivity index is 2.99. The molecule has 17 heavy (non-hydrogen) atoms. The van der Waals surface area contributed by atoms with Crippen LogP contribution in [0.5, 0.6) is 0 Å². The Morgan fingerprint density at radius 2 is 1.82 bits per heavy atom. The monoisotopic (exact) mass is 234 g/mol. The molecule has 1 aromatic rings. The van der Waals surface area contributed by atoms with E-state index in [-0.39, 0.29) is 12.2 Å². The molecule has 0 heterocycles. The second kappa shape index (κ2) is 4.70. The van der Waals surface area contributed by atoms with Crippen LogP contribution in [0.2, 0.25) is 0 Å². The molecule has 3 heteroatoms. The van der Waals surface area contributed by atoms with Crippen LogP contribution in [0.25, 0.3) is 0 Å². The zero-order chi connectivity index (χ0) is 13.2. The number of carbonyl (C=O) groups excluding carboxylic acids is 1. The fourth-order valence-electron chi connectivity index (χ4n) is 1.63. The lowest BCUT2D eigenvalue weighted by Gasteiger charge is -2.18. The number of carboxylic acids is 1. The molecule has 0 unspecified atom stereocenters. The van der Waals surface area contributed by atoms with Crippen molar-refractivity contribution in [3.05, 3.63) is 34.9 Å². The molecule has 0 aliphatic heterocycles. The minimum absolute atomic E-state index is 0.0205. The minimum Gasteiger partial charge on any atom is -0.481 e. The van der Waals surface area contributed by atoms with Gasteiger partial charge >= 0.3 is 5.97 Å². The van der Waals surface area contributed by atoms with E-state index in [1.807, 2.05) is 26.0 Å². The predicted molar refractivity (Wildman–Crippen MR) is 66.3 cm³/mol. The molecule has 3 nitrogen and oxygen atoms in total. The summed E-state index contributed by atoms with van der Waals surface area (Å²) in [5, 5.41) is 9.01. The highest BCUT2D eigenvalue weighted by molar-refractivity contribution is 6.00. The first-order valence-corrected chi connectivity index (χ1v) is 5.58. The summed E-state index contributed by atoms with van der Waals surface area (Å²) < 4.78 is 0. The molecule has 0 fully saturated rings. The van der Waals surface area contributed by atoms with Crippen LogP contribution < -0.4 is 0 Å². The van der Waals surface area contributed by atoms with Gasteiger partial charge in [-0.1, -0.05) is 18.2 Å². The number of ketones is 1. The number of aliphatic carboxylic acids is 1. The fourth-order valence-corrected chi connectivity index (χ4v) is 1.63. The smallest absolute Gasteiger partial charge is 0.309 e. The number of carboxylic acid groups (broad SMARTS) is 1. The molecule has 0 spiro atoms. The Labute approximate surface area is 101 Å². The first-order valence-electron chi connectivity index (χ1n) is 5.58.